The fourth-order valence-corrected chi connectivity index (χ4v) is 4.89. The SMILES string of the molecule is C=CCOC(=O)N1C[C@@H](C(C)(C)C)C[C@@]1(/C=C(\C)CNS(C)(=O)=O)O[SiH](C)C. The summed E-state index contributed by atoms with van der Waals surface area (Å²) >= 11 is 0. The normalized spacial score (nSPS) is 23.9. The molecule has 0 saturated carbocycles. The Morgan fingerprint density at radius 2 is 2.00 bits per heavy atom. The molecule has 1 aliphatic rings. The van der Waals surface area contributed by atoms with E-state index < -0.39 is 30.9 Å². The average molecular weight is 433 g/mol. The Morgan fingerprint density at radius 1 is 1.39 bits per heavy atom. The second-order valence-electron chi connectivity index (χ2n) is 8.84. The molecule has 0 aromatic heterocycles. The van der Waals surface area contributed by atoms with Gasteiger partial charge in [0, 0.05) is 19.5 Å². The minimum Gasteiger partial charge on any atom is -0.445 e. The molecule has 1 heterocycles. The van der Waals surface area contributed by atoms with Gasteiger partial charge < -0.3 is 9.16 Å². The van der Waals surface area contributed by atoms with Crippen LogP contribution in [-0.2, 0) is 19.2 Å². The van der Waals surface area contributed by atoms with Crippen LogP contribution in [0.3, 0.4) is 0 Å². The summed E-state index contributed by atoms with van der Waals surface area (Å²) in [7, 11) is -4.86. The molecule has 0 unspecified atom stereocenters. The third-order valence-electron chi connectivity index (χ3n) is 4.69. The lowest BCUT2D eigenvalue weighted by molar-refractivity contribution is -0.0137. The Bertz CT molecular complexity index is 700. The van der Waals surface area contributed by atoms with Gasteiger partial charge >= 0.3 is 6.09 Å². The molecule has 1 N–H and O–H groups in total. The van der Waals surface area contributed by atoms with Crippen LogP contribution in [0.25, 0.3) is 0 Å². The van der Waals surface area contributed by atoms with Gasteiger partial charge in [0.1, 0.15) is 6.61 Å². The number of carbonyl (C=O) groups excluding carboxylic acids is 1. The maximum absolute atomic E-state index is 12.8. The van der Waals surface area contributed by atoms with E-state index in [0.29, 0.717) is 13.0 Å². The molecule has 0 aromatic rings. The van der Waals surface area contributed by atoms with Crippen LogP contribution in [-0.4, -0.2) is 60.1 Å². The van der Waals surface area contributed by atoms with Gasteiger partial charge in [0.15, 0.2) is 14.8 Å². The molecule has 1 aliphatic heterocycles. The number of carbonyl (C=O) groups is 1. The Balaban J connectivity index is 3.32. The molecule has 0 radical (unpaired) electrons. The second-order valence-corrected chi connectivity index (χ2v) is 13.0. The monoisotopic (exact) mass is 432 g/mol. The molecular weight excluding hydrogens is 396 g/mol. The first-order chi connectivity index (χ1) is 12.7. The van der Waals surface area contributed by atoms with Gasteiger partial charge in [-0.2, -0.15) is 0 Å². The van der Waals surface area contributed by atoms with Gasteiger partial charge in [-0.25, -0.2) is 17.9 Å². The summed E-state index contributed by atoms with van der Waals surface area (Å²) in [6, 6.07) is 0. The van der Waals surface area contributed by atoms with Crippen LogP contribution < -0.4 is 4.72 Å². The van der Waals surface area contributed by atoms with Crippen molar-refractivity contribution in [3.8, 4) is 0 Å². The van der Waals surface area contributed by atoms with E-state index in [1.165, 1.54) is 6.08 Å². The minimum absolute atomic E-state index is 0.0205. The highest BCUT2D eigenvalue weighted by molar-refractivity contribution is 7.88. The zero-order valence-electron chi connectivity index (χ0n) is 18.2. The maximum Gasteiger partial charge on any atom is 0.412 e. The fraction of sp³-hybridized carbons (Fsp3) is 0.737. The molecule has 1 fully saturated rings. The van der Waals surface area contributed by atoms with Crippen LogP contribution in [0.15, 0.2) is 24.3 Å². The van der Waals surface area contributed by atoms with Crippen molar-refractivity contribution in [2.24, 2.45) is 11.3 Å². The number of nitrogens with one attached hydrogen (secondary N) is 1. The van der Waals surface area contributed by atoms with Crippen molar-refractivity contribution < 1.29 is 22.4 Å². The first kappa shape index (κ1) is 24.9. The van der Waals surface area contributed by atoms with E-state index in [9.17, 15) is 13.2 Å². The van der Waals surface area contributed by atoms with Gasteiger partial charge in [0.2, 0.25) is 10.0 Å². The first-order valence-corrected chi connectivity index (χ1v) is 14.2. The van der Waals surface area contributed by atoms with Gasteiger partial charge in [0.25, 0.3) is 0 Å². The number of sulfonamides is 1. The quantitative estimate of drug-likeness (QED) is 0.471. The van der Waals surface area contributed by atoms with E-state index in [1.54, 1.807) is 4.90 Å². The molecule has 0 aliphatic carbocycles. The van der Waals surface area contributed by atoms with Gasteiger partial charge in [-0.15, -0.1) is 0 Å². The molecular formula is C19H36N2O5SSi. The highest BCUT2D eigenvalue weighted by Crippen LogP contribution is 2.44. The zero-order chi connectivity index (χ0) is 21.8. The number of nitrogens with zero attached hydrogens (tertiary/aromatic N) is 1. The van der Waals surface area contributed by atoms with E-state index >= 15 is 0 Å². The first-order valence-electron chi connectivity index (χ1n) is 9.56. The van der Waals surface area contributed by atoms with E-state index in [1.807, 2.05) is 13.0 Å². The van der Waals surface area contributed by atoms with E-state index in [0.717, 1.165) is 11.8 Å². The predicted molar refractivity (Wildman–Crippen MR) is 115 cm³/mol. The number of hydrogen-bond acceptors (Lipinski definition) is 5. The molecule has 9 heteroatoms. The number of rotatable bonds is 8. The van der Waals surface area contributed by atoms with Crippen LogP contribution in [0.5, 0.6) is 0 Å². The average Bonchev–Trinajstić information content (AvgIpc) is 2.88. The van der Waals surface area contributed by atoms with Crippen molar-refractivity contribution in [1.29, 1.82) is 0 Å². The molecule has 7 nitrogen and oxygen atoms in total. The Morgan fingerprint density at radius 3 is 2.46 bits per heavy atom. The second kappa shape index (κ2) is 9.56. The van der Waals surface area contributed by atoms with Gasteiger partial charge in [-0.05, 0) is 37.4 Å². The molecule has 162 valence electrons. The van der Waals surface area contributed by atoms with Crippen molar-refractivity contribution in [3.63, 3.8) is 0 Å². The van der Waals surface area contributed by atoms with Gasteiger partial charge in [-0.3, -0.25) is 4.90 Å². The summed E-state index contributed by atoms with van der Waals surface area (Å²) < 4.78 is 37.2. The Hall–Kier alpha value is -1.16. The lowest BCUT2D eigenvalue weighted by atomic mass is 9.79. The van der Waals surface area contributed by atoms with Crippen molar-refractivity contribution in [1.82, 2.24) is 9.62 Å². The van der Waals surface area contributed by atoms with Crippen molar-refractivity contribution in [2.45, 2.75) is 52.9 Å². The molecule has 0 bridgehead atoms. The maximum atomic E-state index is 12.8. The molecule has 2 atom stereocenters. The highest BCUT2D eigenvalue weighted by atomic mass is 32.2. The molecule has 1 saturated heterocycles. The molecule has 0 spiro atoms. The number of amides is 1. The zero-order valence-corrected chi connectivity index (χ0v) is 20.2. The van der Waals surface area contributed by atoms with E-state index in [2.05, 4.69) is 45.2 Å². The summed E-state index contributed by atoms with van der Waals surface area (Å²) in [6.07, 6.45) is 4.74. The van der Waals surface area contributed by atoms with Gasteiger partial charge in [-0.1, -0.05) is 39.0 Å². The van der Waals surface area contributed by atoms with Crippen molar-refractivity contribution >= 4 is 25.2 Å². The topological polar surface area (TPSA) is 84.9 Å². The number of likely N-dealkylation sites (tertiary alicyclic amines) is 1. The van der Waals surface area contributed by atoms with Crippen molar-refractivity contribution in [2.75, 3.05) is 26.0 Å². The van der Waals surface area contributed by atoms with Gasteiger partial charge in [0.05, 0.1) is 6.26 Å². The number of hydrogen-bond donors (Lipinski definition) is 1. The van der Waals surface area contributed by atoms with Crippen LogP contribution in [0.4, 0.5) is 4.79 Å². The van der Waals surface area contributed by atoms with Crippen molar-refractivity contribution in [3.05, 3.63) is 24.3 Å². The third kappa shape index (κ3) is 7.34. The standard InChI is InChI=1S/C19H36N2O5SSi/c1-9-10-25-17(22)21-14-16(18(3,4)5)12-19(21,26-28(7)8)11-15(2)13-20-27(6,23)24/h9,11,16,20,28H,1,10,12-14H2,2-8H3/b15-11+/t16-,19+/m0/s1. The van der Waals surface area contributed by atoms with E-state index in [-0.39, 0.29) is 24.5 Å². The van der Waals surface area contributed by atoms with Crippen LogP contribution in [0.1, 0.15) is 34.1 Å². The summed E-state index contributed by atoms with van der Waals surface area (Å²) in [4.78, 5) is 14.5. The molecule has 0 aromatic carbocycles. The summed E-state index contributed by atoms with van der Waals surface area (Å²) in [5, 5.41) is 0. The summed E-state index contributed by atoms with van der Waals surface area (Å²) in [5.41, 5.74) is -0.163. The molecule has 1 rings (SSSR count). The lowest BCUT2D eigenvalue weighted by Crippen LogP contribution is -2.50. The Kier molecular flexibility index (Phi) is 8.49. The molecule has 28 heavy (non-hydrogen) atoms. The highest BCUT2D eigenvalue weighted by Gasteiger charge is 2.51. The van der Waals surface area contributed by atoms with Crippen LogP contribution in [0.2, 0.25) is 13.1 Å². The smallest absolute Gasteiger partial charge is 0.412 e. The van der Waals surface area contributed by atoms with E-state index in [4.69, 9.17) is 9.16 Å². The third-order valence-corrected chi connectivity index (χ3v) is 6.24. The van der Waals surface area contributed by atoms with Crippen LogP contribution >= 0.6 is 0 Å². The Labute approximate surface area is 171 Å². The molecule has 1 amide bonds. The predicted octanol–water partition coefficient (Wildman–Crippen LogP) is 2.87. The minimum atomic E-state index is -3.31. The fourth-order valence-electron chi connectivity index (χ4n) is 3.29. The van der Waals surface area contributed by atoms with Crippen LogP contribution in [0, 0.1) is 11.3 Å². The lowest BCUT2D eigenvalue weighted by Gasteiger charge is -2.37. The summed E-state index contributed by atoms with van der Waals surface area (Å²) in [5.74, 6) is 0.212. The summed E-state index contributed by atoms with van der Waals surface area (Å²) in [6.45, 7) is 16.8. The number of ether oxygens (including phenoxy) is 1. The largest absolute Gasteiger partial charge is 0.445 e.